The van der Waals surface area contributed by atoms with E-state index in [1.54, 1.807) is 31.3 Å². The summed E-state index contributed by atoms with van der Waals surface area (Å²) in [7, 11) is 1.08. The van der Waals surface area contributed by atoms with Gasteiger partial charge < -0.3 is 15.2 Å². The first-order chi connectivity index (χ1) is 14.3. The number of sulfonamides is 1. The summed E-state index contributed by atoms with van der Waals surface area (Å²) in [4.78, 5) is 17.0. The minimum Gasteiger partial charge on any atom is -0.377 e. The number of anilines is 1. The van der Waals surface area contributed by atoms with Crippen LogP contribution in [-0.2, 0) is 23.1 Å². The standard InChI is InChI=1S/C21H27N5O3S/c1-5-12-26-19-11-10-15(30(28,29)25(3)4)13-18(19)24-20(26)14-23-17-9-7-6-8-16(17)21(27)22-2/h6-11,13,23H,5,12,14H2,1-4H3,(H,22,27). The molecule has 1 heterocycles. The van der Waals surface area contributed by atoms with Gasteiger partial charge in [-0.25, -0.2) is 17.7 Å². The SMILES string of the molecule is CCCn1c(CNc2ccccc2C(=O)NC)nc2cc(S(=O)(=O)N(C)C)ccc21. The number of carbonyl (C=O) groups excluding carboxylic acids is 1. The monoisotopic (exact) mass is 429 g/mol. The number of nitrogens with zero attached hydrogens (tertiary/aromatic N) is 3. The highest BCUT2D eigenvalue weighted by atomic mass is 32.2. The fraction of sp³-hybridized carbons (Fsp3) is 0.333. The molecule has 9 heteroatoms. The van der Waals surface area contributed by atoms with Crippen LogP contribution in [0, 0.1) is 0 Å². The highest BCUT2D eigenvalue weighted by Gasteiger charge is 2.20. The Labute approximate surface area is 177 Å². The second-order valence-electron chi connectivity index (χ2n) is 7.10. The number of fused-ring (bicyclic) bond motifs is 1. The number of amides is 1. The number of rotatable bonds is 8. The van der Waals surface area contributed by atoms with Gasteiger partial charge in [0.1, 0.15) is 5.82 Å². The van der Waals surface area contributed by atoms with E-state index in [1.165, 1.54) is 18.4 Å². The predicted octanol–water partition coefficient (Wildman–Crippen LogP) is 2.67. The van der Waals surface area contributed by atoms with E-state index in [-0.39, 0.29) is 10.8 Å². The molecule has 8 nitrogen and oxygen atoms in total. The number of nitrogens with one attached hydrogen (secondary N) is 2. The number of hydrogen-bond acceptors (Lipinski definition) is 5. The van der Waals surface area contributed by atoms with Gasteiger partial charge in [0.15, 0.2) is 0 Å². The molecule has 0 fully saturated rings. The second kappa shape index (κ2) is 8.85. The molecule has 0 saturated heterocycles. The summed E-state index contributed by atoms with van der Waals surface area (Å²) >= 11 is 0. The fourth-order valence-electron chi connectivity index (χ4n) is 3.28. The molecular formula is C21H27N5O3S. The summed E-state index contributed by atoms with van der Waals surface area (Å²) in [5.74, 6) is 0.608. The third-order valence-electron chi connectivity index (χ3n) is 4.86. The van der Waals surface area contributed by atoms with Crippen molar-refractivity contribution in [2.24, 2.45) is 0 Å². The number of carbonyl (C=O) groups is 1. The molecule has 1 amide bonds. The lowest BCUT2D eigenvalue weighted by Gasteiger charge is -2.13. The zero-order valence-corrected chi connectivity index (χ0v) is 18.5. The van der Waals surface area contributed by atoms with Gasteiger partial charge in [0.25, 0.3) is 5.91 Å². The second-order valence-corrected chi connectivity index (χ2v) is 9.25. The lowest BCUT2D eigenvalue weighted by molar-refractivity contribution is 0.0964. The number of hydrogen-bond donors (Lipinski definition) is 2. The average Bonchev–Trinajstić information content (AvgIpc) is 3.08. The molecule has 0 unspecified atom stereocenters. The van der Waals surface area contributed by atoms with Crippen LogP contribution in [0.1, 0.15) is 29.5 Å². The summed E-state index contributed by atoms with van der Waals surface area (Å²) in [5, 5.41) is 5.94. The summed E-state index contributed by atoms with van der Waals surface area (Å²) in [6, 6.07) is 12.3. The molecule has 0 aliphatic heterocycles. The molecule has 0 atom stereocenters. The number of imidazole rings is 1. The number of aromatic nitrogens is 2. The Balaban J connectivity index is 1.98. The molecule has 0 aliphatic carbocycles. The number of benzene rings is 2. The Morgan fingerprint density at radius 3 is 2.57 bits per heavy atom. The van der Waals surface area contributed by atoms with Gasteiger partial charge in [-0.1, -0.05) is 19.1 Å². The topological polar surface area (TPSA) is 96.3 Å². The minimum atomic E-state index is -3.53. The smallest absolute Gasteiger partial charge is 0.253 e. The molecule has 3 rings (SSSR count). The first-order valence-electron chi connectivity index (χ1n) is 9.76. The average molecular weight is 430 g/mol. The van der Waals surface area contributed by atoms with Gasteiger partial charge in [-0.15, -0.1) is 0 Å². The van der Waals surface area contributed by atoms with Crippen molar-refractivity contribution in [3.05, 3.63) is 53.9 Å². The van der Waals surface area contributed by atoms with Crippen molar-refractivity contribution in [3.63, 3.8) is 0 Å². The van der Waals surface area contributed by atoms with Crippen molar-refractivity contribution >= 4 is 32.7 Å². The van der Waals surface area contributed by atoms with Crippen molar-refractivity contribution in [1.82, 2.24) is 19.2 Å². The van der Waals surface area contributed by atoms with Crippen molar-refractivity contribution in [3.8, 4) is 0 Å². The Kier molecular flexibility index (Phi) is 6.42. The quantitative estimate of drug-likeness (QED) is 0.574. The van der Waals surface area contributed by atoms with E-state index in [0.29, 0.717) is 23.3 Å². The van der Waals surface area contributed by atoms with E-state index in [0.717, 1.165) is 24.3 Å². The molecule has 0 radical (unpaired) electrons. The lowest BCUT2D eigenvalue weighted by atomic mass is 10.1. The Morgan fingerprint density at radius 1 is 1.17 bits per heavy atom. The highest BCUT2D eigenvalue weighted by Crippen LogP contribution is 2.23. The molecule has 3 aromatic rings. The third-order valence-corrected chi connectivity index (χ3v) is 6.67. The first kappa shape index (κ1) is 21.8. The maximum Gasteiger partial charge on any atom is 0.253 e. The van der Waals surface area contributed by atoms with Gasteiger partial charge in [-0.05, 0) is 36.8 Å². The number of para-hydroxylation sites is 1. The normalized spacial score (nSPS) is 11.8. The van der Waals surface area contributed by atoms with E-state index in [9.17, 15) is 13.2 Å². The Bertz CT molecular complexity index is 1170. The van der Waals surface area contributed by atoms with Crippen LogP contribution < -0.4 is 10.6 Å². The maximum atomic E-state index is 12.5. The molecular weight excluding hydrogens is 402 g/mol. The van der Waals surface area contributed by atoms with E-state index in [1.807, 2.05) is 18.2 Å². The summed E-state index contributed by atoms with van der Waals surface area (Å²) in [5.41, 5.74) is 2.77. The van der Waals surface area contributed by atoms with Gasteiger partial charge in [-0.3, -0.25) is 4.79 Å². The van der Waals surface area contributed by atoms with Crippen LogP contribution in [-0.4, -0.2) is 49.3 Å². The third kappa shape index (κ3) is 4.17. The summed E-state index contributed by atoms with van der Waals surface area (Å²) in [6.45, 7) is 3.23. The van der Waals surface area contributed by atoms with E-state index >= 15 is 0 Å². The van der Waals surface area contributed by atoms with Crippen LogP contribution in [0.25, 0.3) is 11.0 Å². The molecule has 2 N–H and O–H groups in total. The van der Waals surface area contributed by atoms with Crippen molar-refractivity contribution in [2.75, 3.05) is 26.5 Å². The zero-order valence-electron chi connectivity index (χ0n) is 17.6. The summed E-state index contributed by atoms with van der Waals surface area (Å²) < 4.78 is 28.2. The van der Waals surface area contributed by atoms with E-state index < -0.39 is 10.0 Å². The van der Waals surface area contributed by atoms with Crippen LogP contribution in [0.5, 0.6) is 0 Å². The zero-order chi connectivity index (χ0) is 21.9. The van der Waals surface area contributed by atoms with Gasteiger partial charge >= 0.3 is 0 Å². The van der Waals surface area contributed by atoms with Crippen LogP contribution in [0.4, 0.5) is 5.69 Å². The van der Waals surface area contributed by atoms with Gasteiger partial charge in [0.2, 0.25) is 10.0 Å². The lowest BCUT2D eigenvalue weighted by Crippen LogP contribution is -2.22. The largest absolute Gasteiger partial charge is 0.377 e. The van der Waals surface area contributed by atoms with Crippen molar-refractivity contribution in [1.29, 1.82) is 0 Å². The molecule has 0 bridgehead atoms. The maximum absolute atomic E-state index is 12.5. The molecule has 0 saturated carbocycles. The van der Waals surface area contributed by atoms with Gasteiger partial charge in [0, 0.05) is 33.4 Å². The molecule has 160 valence electrons. The summed E-state index contributed by atoms with van der Waals surface area (Å²) in [6.07, 6.45) is 0.908. The van der Waals surface area contributed by atoms with Crippen molar-refractivity contribution in [2.45, 2.75) is 31.3 Å². The predicted molar refractivity (Wildman–Crippen MR) is 118 cm³/mol. The highest BCUT2D eigenvalue weighted by molar-refractivity contribution is 7.89. The van der Waals surface area contributed by atoms with Crippen LogP contribution in [0.2, 0.25) is 0 Å². The Hall–Kier alpha value is -2.91. The van der Waals surface area contributed by atoms with E-state index in [4.69, 9.17) is 4.98 Å². The number of aryl methyl sites for hydroxylation is 1. The first-order valence-corrected chi connectivity index (χ1v) is 11.2. The van der Waals surface area contributed by atoms with Crippen LogP contribution in [0.15, 0.2) is 47.4 Å². The van der Waals surface area contributed by atoms with Crippen LogP contribution in [0.3, 0.4) is 0 Å². The molecule has 0 spiro atoms. The molecule has 2 aromatic carbocycles. The molecule has 0 aliphatic rings. The van der Waals surface area contributed by atoms with Gasteiger partial charge in [-0.2, -0.15) is 0 Å². The minimum absolute atomic E-state index is 0.168. The van der Waals surface area contributed by atoms with Gasteiger partial charge in [0.05, 0.1) is 28.0 Å². The fourth-order valence-corrected chi connectivity index (χ4v) is 4.21. The van der Waals surface area contributed by atoms with E-state index in [2.05, 4.69) is 22.1 Å². The molecule has 1 aromatic heterocycles. The Morgan fingerprint density at radius 2 is 1.90 bits per heavy atom. The van der Waals surface area contributed by atoms with Crippen molar-refractivity contribution < 1.29 is 13.2 Å². The van der Waals surface area contributed by atoms with Crippen LogP contribution >= 0.6 is 0 Å². The molecule has 30 heavy (non-hydrogen) atoms.